The lowest BCUT2D eigenvalue weighted by Gasteiger charge is -2.10. The summed E-state index contributed by atoms with van der Waals surface area (Å²) in [4.78, 5) is 21.7. The summed E-state index contributed by atoms with van der Waals surface area (Å²) >= 11 is 0. The van der Waals surface area contributed by atoms with E-state index in [0.717, 1.165) is 11.1 Å². The van der Waals surface area contributed by atoms with E-state index in [1.165, 1.54) is 0 Å². The average Bonchev–Trinajstić information content (AvgIpc) is 2.49. The molecule has 0 saturated heterocycles. The smallest absolute Gasteiger partial charge is 0.258 e. The largest absolute Gasteiger partial charge is 0.272 e. The van der Waals surface area contributed by atoms with Gasteiger partial charge in [-0.3, -0.25) is 20.2 Å². The molecule has 0 radical (unpaired) electrons. The van der Waals surface area contributed by atoms with E-state index in [0.29, 0.717) is 36.8 Å². The molecule has 4 bridgehead atoms. The van der Waals surface area contributed by atoms with Crippen molar-refractivity contribution in [1.29, 1.82) is 0 Å². The van der Waals surface area contributed by atoms with Crippen molar-refractivity contribution in [2.24, 2.45) is 0 Å². The van der Waals surface area contributed by atoms with Crippen LogP contribution in [0.2, 0.25) is 0 Å². The lowest BCUT2D eigenvalue weighted by Crippen LogP contribution is -2.04. The fourth-order valence-corrected chi connectivity index (χ4v) is 2.85. The SMILES string of the molecule is O=[N+]([O-])c1cc2ccc1CCc1ccc(cc1[N+](=O)[O-])CC2. The molecule has 0 heterocycles. The van der Waals surface area contributed by atoms with Gasteiger partial charge in [0.15, 0.2) is 0 Å². The van der Waals surface area contributed by atoms with E-state index >= 15 is 0 Å². The van der Waals surface area contributed by atoms with Gasteiger partial charge in [0.25, 0.3) is 11.4 Å². The molecule has 0 N–H and O–H groups in total. The van der Waals surface area contributed by atoms with E-state index < -0.39 is 0 Å². The zero-order valence-corrected chi connectivity index (χ0v) is 11.8. The van der Waals surface area contributed by atoms with Crippen molar-refractivity contribution in [3.05, 3.63) is 78.9 Å². The first-order valence-corrected chi connectivity index (χ1v) is 7.07. The minimum Gasteiger partial charge on any atom is -0.258 e. The van der Waals surface area contributed by atoms with Crippen LogP contribution >= 0.6 is 0 Å². The van der Waals surface area contributed by atoms with E-state index in [4.69, 9.17) is 0 Å². The van der Waals surface area contributed by atoms with Gasteiger partial charge in [-0.05, 0) is 36.8 Å². The van der Waals surface area contributed by atoms with Crippen molar-refractivity contribution in [2.75, 3.05) is 0 Å². The molecule has 0 amide bonds. The number of nitro groups is 2. The van der Waals surface area contributed by atoms with Crippen molar-refractivity contribution < 1.29 is 9.85 Å². The van der Waals surface area contributed by atoms with Crippen molar-refractivity contribution >= 4 is 11.4 Å². The van der Waals surface area contributed by atoms with Crippen LogP contribution in [-0.4, -0.2) is 9.85 Å². The highest BCUT2D eigenvalue weighted by Gasteiger charge is 2.19. The van der Waals surface area contributed by atoms with Crippen LogP contribution in [0, 0.1) is 20.2 Å². The fourth-order valence-electron chi connectivity index (χ4n) is 2.85. The first kappa shape index (κ1) is 14.2. The van der Waals surface area contributed by atoms with Gasteiger partial charge in [0.1, 0.15) is 0 Å². The van der Waals surface area contributed by atoms with Gasteiger partial charge in [-0.25, -0.2) is 0 Å². The van der Waals surface area contributed by atoms with Crippen molar-refractivity contribution in [3.8, 4) is 0 Å². The second kappa shape index (κ2) is 5.55. The highest BCUT2D eigenvalue weighted by Crippen LogP contribution is 2.28. The summed E-state index contributed by atoms with van der Waals surface area (Å²) in [7, 11) is 0. The Balaban J connectivity index is 2.08. The van der Waals surface area contributed by atoms with Crippen molar-refractivity contribution in [3.63, 3.8) is 0 Å². The van der Waals surface area contributed by atoms with Crippen molar-refractivity contribution in [1.82, 2.24) is 0 Å². The maximum atomic E-state index is 11.2. The number of nitro benzene ring substituents is 2. The maximum absolute atomic E-state index is 11.2. The number of benzene rings is 2. The molecule has 2 aromatic rings. The van der Waals surface area contributed by atoms with E-state index in [-0.39, 0.29) is 21.2 Å². The summed E-state index contributed by atoms with van der Waals surface area (Å²) in [5, 5.41) is 22.4. The monoisotopic (exact) mass is 298 g/mol. The Morgan fingerprint density at radius 1 is 0.682 bits per heavy atom. The molecule has 0 aromatic heterocycles. The summed E-state index contributed by atoms with van der Waals surface area (Å²) < 4.78 is 0. The zero-order chi connectivity index (χ0) is 15.7. The zero-order valence-electron chi connectivity index (χ0n) is 11.8. The molecule has 2 aromatic carbocycles. The van der Waals surface area contributed by atoms with E-state index in [2.05, 4.69) is 0 Å². The fraction of sp³-hybridized carbons (Fsp3) is 0.250. The normalized spacial score (nSPS) is 13.5. The average molecular weight is 298 g/mol. The number of rotatable bonds is 2. The van der Waals surface area contributed by atoms with Crippen LogP contribution < -0.4 is 0 Å². The number of aryl methyl sites for hydroxylation is 4. The molecule has 0 aliphatic heterocycles. The van der Waals surface area contributed by atoms with E-state index in [1.54, 1.807) is 24.3 Å². The summed E-state index contributed by atoms with van der Waals surface area (Å²) in [5.41, 5.74) is 3.20. The Labute approximate surface area is 126 Å². The lowest BCUT2D eigenvalue weighted by atomic mass is 9.94. The molecule has 112 valence electrons. The molecule has 0 fully saturated rings. The standard InChI is InChI=1S/C16H14N2O4/c19-17(20)15-9-11-1-2-12-4-6-14(16(10-12)18(21)22)8-7-13(15)5-3-11/h3-6,9-10H,1-2,7-8H2. The highest BCUT2D eigenvalue weighted by molar-refractivity contribution is 5.48. The Hall–Kier alpha value is -2.76. The van der Waals surface area contributed by atoms with Gasteiger partial charge in [-0.1, -0.05) is 24.3 Å². The molecule has 6 nitrogen and oxygen atoms in total. The van der Waals surface area contributed by atoms with Gasteiger partial charge in [-0.2, -0.15) is 0 Å². The molecule has 0 unspecified atom stereocenters. The molecule has 6 rings (SSSR count). The van der Waals surface area contributed by atoms with Gasteiger partial charge in [-0.15, -0.1) is 0 Å². The van der Waals surface area contributed by atoms with Gasteiger partial charge in [0.05, 0.1) is 9.85 Å². The molecule has 22 heavy (non-hydrogen) atoms. The quantitative estimate of drug-likeness (QED) is 0.628. The van der Waals surface area contributed by atoms with Gasteiger partial charge >= 0.3 is 0 Å². The second-order valence-corrected chi connectivity index (χ2v) is 5.44. The topological polar surface area (TPSA) is 86.3 Å². The first-order valence-electron chi connectivity index (χ1n) is 7.07. The molecule has 0 saturated carbocycles. The number of hydrogen-bond acceptors (Lipinski definition) is 4. The minimum absolute atomic E-state index is 0.107. The Bertz CT molecular complexity index is 705. The molecule has 0 spiro atoms. The van der Waals surface area contributed by atoms with Gasteiger partial charge in [0, 0.05) is 23.3 Å². The van der Waals surface area contributed by atoms with Crippen LogP contribution in [0.1, 0.15) is 22.3 Å². The number of nitrogens with zero attached hydrogens (tertiary/aromatic N) is 2. The number of hydrogen-bond donors (Lipinski definition) is 0. The third-order valence-corrected chi connectivity index (χ3v) is 4.06. The van der Waals surface area contributed by atoms with Crippen LogP contribution in [-0.2, 0) is 25.7 Å². The van der Waals surface area contributed by atoms with Crippen molar-refractivity contribution in [2.45, 2.75) is 25.7 Å². The molecule has 4 aliphatic rings. The van der Waals surface area contributed by atoms with E-state index in [9.17, 15) is 20.2 Å². The van der Waals surface area contributed by atoms with E-state index in [1.807, 2.05) is 12.1 Å². The molecule has 0 atom stereocenters. The minimum atomic E-state index is -0.374. The maximum Gasteiger partial charge on any atom is 0.272 e. The molecule has 4 aliphatic carbocycles. The predicted octanol–water partition coefficient (Wildman–Crippen LogP) is 3.39. The summed E-state index contributed by atoms with van der Waals surface area (Å²) in [6.45, 7) is 0. The van der Waals surface area contributed by atoms with Gasteiger partial charge < -0.3 is 0 Å². The molecular weight excluding hydrogens is 284 g/mol. The summed E-state index contributed by atoms with van der Waals surface area (Å²) in [5.74, 6) is 0. The first-order chi connectivity index (χ1) is 10.5. The Morgan fingerprint density at radius 2 is 1.09 bits per heavy atom. The molecular formula is C16H14N2O4. The van der Waals surface area contributed by atoms with Crippen LogP contribution in [0.3, 0.4) is 0 Å². The molecule has 6 heteroatoms. The Kier molecular flexibility index (Phi) is 3.58. The summed E-state index contributed by atoms with van der Waals surface area (Å²) in [6, 6.07) is 10.6. The third kappa shape index (κ3) is 2.67. The van der Waals surface area contributed by atoms with Crippen LogP contribution in [0.15, 0.2) is 36.4 Å². The summed E-state index contributed by atoms with van der Waals surface area (Å²) in [6.07, 6.45) is 2.07. The third-order valence-electron chi connectivity index (χ3n) is 4.06. The van der Waals surface area contributed by atoms with Gasteiger partial charge in [0.2, 0.25) is 0 Å². The highest BCUT2D eigenvalue weighted by atomic mass is 16.6. The predicted molar refractivity (Wildman–Crippen MR) is 81.0 cm³/mol. The second-order valence-electron chi connectivity index (χ2n) is 5.44. The van der Waals surface area contributed by atoms with Crippen LogP contribution in [0.4, 0.5) is 11.4 Å². The van der Waals surface area contributed by atoms with Crippen LogP contribution in [0.5, 0.6) is 0 Å². The Morgan fingerprint density at radius 3 is 1.45 bits per heavy atom. The lowest BCUT2D eigenvalue weighted by molar-refractivity contribution is -0.386. The van der Waals surface area contributed by atoms with Crippen LogP contribution in [0.25, 0.3) is 0 Å².